The van der Waals surface area contributed by atoms with Gasteiger partial charge in [-0.2, -0.15) is 0 Å². The highest BCUT2D eigenvalue weighted by Crippen LogP contribution is 2.31. The fraction of sp³-hybridized carbons (Fsp3) is 0.857. The zero-order valence-corrected chi connectivity index (χ0v) is 12.1. The van der Waals surface area contributed by atoms with Crippen molar-refractivity contribution in [1.29, 1.82) is 0 Å². The average molecular weight is 268 g/mol. The van der Waals surface area contributed by atoms with Gasteiger partial charge in [0.25, 0.3) is 0 Å². The molecule has 0 unspecified atom stereocenters. The van der Waals surface area contributed by atoms with E-state index in [2.05, 4.69) is 5.32 Å². The second kappa shape index (κ2) is 5.02. The third-order valence-corrected chi connectivity index (χ3v) is 3.83. The molecule has 1 spiro atoms. The van der Waals surface area contributed by atoms with Gasteiger partial charge in [-0.25, -0.2) is 4.79 Å². The molecule has 2 rings (SSSR count). The summed E-state index contributed by atoms with van der Waals surface area (Å²) in [6.45, 7) is 7.01. The molecule has 2 fully saturated rings. The van der Waals surface area contributed by atoms with Gasteiger partial charge >= 0.3 is 6.09 Å². The van der Waals surface area contributed by atoms with E-state index >= 15 is 0 Å². The fourth-order valence-corrected chi connectivity index (χ4v) is 2.85. The van der Waals surface area contributed by atoms with Crippen molar-refractivity contribution in [2.24, 2.45) is 0 Å². The van der Waals surface area contributed by atoms with Crippen LogP contribution in [0.2, 0.25) is 0 Å². The number of nitrogens with zero attached hydrogens (tertiary/aromatic N) is 1. The van der Waals surface area contributed by atoms with E-state index in [4.69, 9.17) is 4.74 Å². The third-order valence-electron chi connectivity index (χ3n) is 3.83. The number of hydrogen-bond acceptors (Lipinski definition) is 3. The minimum absolute atomic E-state index is 0.0755. The van der Waals surface area contributed by atoms with Gasteiger partial charge in [-0.3, -0.25) is 4.79 Å². The molecule has 1 N–H and O–H groups in total. The first-order valence-electron chi connectivity index (χ1n) is 7.09. The molecule has 1 atom stereocenters. The minimum atomic E-state index is -0.456. The molecule has 2 aliphatic rings. The van der Waals surface area contributed by atoms with Crippen LogP contribution in [0.4, 0.5) is 4.79 Å². The van der Waals surface area contributed by atoms with E-state index in [0.717, 1.165) is 25.7 Å². The first-order chi connectivity index (χ1) is 8.80. The number of amides is 2. The van der Waals surface area contributed by atoms with Gasteiger partial charge < -0.3 is 15.0 Å². The zero-order chi connectivity index (χ0) is 14.1. The molecule has 5 nitrogen and oxygen atoms in total. The molecule has 19 heavy (non-hydrogen) atoms. The SMILES string of the molecule is CC(C)(C)OC(=O)N1CCC[C@@]2(CCC(=O)N2)CC1. The summed E-state index contributed by atoms with van der Waals surface area (Å²) in [5.41, 5.74) is -0.531. The fourth-order valence-electron chi connectivity index (χ4n) is 2.85. The Morgan fingerprint density at radius 3 is 2.58 bits per heavy atom. The molecule has 0 aromatic carbocycles. The van der Waals surface area contributed by atoms with Crippen molar-refractivity contribution in [3.8, 4) is 0 Å². The van der Waals surface area contributed by atoms with Crippen LogP contribution in [0.25, 0.3) is 0 Å². The van der Waals surface area contributed by atoms with Crippen molar-refractivity contribution in [3.63, 3.8) is 0 Å². The topological polar surface area (TPSA) is 58.6 Å². The van der Waals surface area contributed by atoms with Crippen LogP contribution in [0, 0.1) is 0 Å². The monoisotopic (exact) mass is 268 g/mol. The summed E-state index contributed by atoms with van der Waals surface area (Å²) in [5.74, 6) is 0.144. The van der Waals surface area contributed by atoms with Gasteiger partial charge in [0.1, 0.15) is 5.60 Å². The van der Waals surface area contributed by atoms with Crippen molar-refractivity contribution >= 4 is 12.0 Å². The second-order valence-corrected chi connectivity index (χ2v) is 6.65. The van der Waals surface area contributed by atoms with Gasteiger partial charge in [0.15, 0.2) is 0 Å². The highest BCUT2D eigenvalue weighted by atomic mass is 16.6. The predicted molar refractivity (Wildman–Crippen MR) is 71.8 cm³/mol. The number of nitrogens with one attached hydrogen (secondary N) is 1. The van der Waals surface area contributed by atoms with E-state index in [1.54, 1.807) is 4.90 Å². The Balaban J connectivity index is 1.93. The molecule has 0 saturated carbocycles. The van der Waals surface area contributed by atoms with Crippen LogP contribution in [-0.2, 0) is 9.53 Å². The molecule has 0 radical (unpaired) electrons. The van der Waals surface area contributed by atoms with E-state index in [-0.39, 0.29) is 17.5 Å². The number of likely N-dealkylation sites (tertiary alicyclic amines) is 1. The summed E-state index contributed by atoms with van der Waals surface area (Å²) in [6.07, 6.45) is 3.98. The molecule has 0 aromatic heterocycles. The third kappa shape index (κ3) is 3.61. The molecule has 2 amide bonds. The molecule has 0 aliphatic carbocycles. The van der Waals surface area contributed by atoms with Crippen molar-refractivity contribution in [2.75, 3.05) is 13.1 Å². The van der Waals surface area contributed by atoms with Crippen molar-refractivity contribution < 1.29 is 14.3 Å². The van der Waals surface area contributed by atoms with Gasteiger partial charge in [0.2, 0.25) is 5.91 Å². The highest BCUT2D eigenvalue weighted by Gasteiger charge is 2.39. The van der Waals surface area contributed by atoms with Crippen molar-refractivity contribution in [3.05, 3.63) is 0 Å². The summed E-state index contributed by atoms with van der Waals surface area (Å²) in [7, 11) is 0. The van der Waals surface area contributed by atoms with E-state index < -0.39 is 5.60 Å². The zero-order valence-electron chi connectivity index (χ0n) is 12.1. The molecule has 5 heteroatoms. The smallest absolute Gasteiger partial charge is 0.410 e. The molecule has 0 aromatic rings. The predicted octanol–water partition coefficient (Wildman–Crippen LogP) is 2.06. The molecule has 0 bridgehead atoms. The Hall–Kier alpha value is -1.26. The van der Waals surface area contributed by atoms with Crippen LogP contribution in [-0.4, -0.2) is 41.1 Å². The lowest BCUT2D eigenvalue weighted by atomic mass is 9.89. The summed E-state index contributed by atoms with van der Waals surface area (Å²) in [6, 6.07) is 0. The number of ether oxygens (including phenoxy) is 1. The Bertz CT molecular complexity index is 375. The van der Waals surface area contributed by atoms with Crippen LogP contribution >= 0.6 is 0 Å². The maximum absolute atomic E-state index is 12.1. The van der Waals surface area contributed by atoms with E-state index in [9.17, 15) is 9.59 Å². The molecule has 2 saturated heterocycles. The van der Waals surface area contributed by atoms with Crippen LogP contribution in [0.15, 0.2) is 0 Å². The number of carbonyl (C=O) groups excluding carboxylic acids is 2. The Morgan fingerprint density at radius 2 is 2.00 bits per heavy atom. The molecular formula is C14H24N2O3. The number of carbonyl (C=O) groups is 2. The van der Waals surface area contributed by atoms with Gasteiger partial charge in [-0.05, 0) is 46.5 Å². The van der Waals surface area contributed by atoms with Crippen LogP contribution in [0.3, 0.4) is 0 Å². The maximum Gasteiger partial charge on any atom is 0.410 e. The Morgan fingerprint density at radius 1 is 1.26 bits per heavy atom. The van der Waals surface area contributed by atoms with E-state index in [1.165, 1.54) is 0 Å². The first-order valence-corrected chi connectivity index (χ1v) is 7.09. The van der Waals surface area contributed by atoms with Gasteiger partial charge in [0.05, 0.1) is 0 Å². The van der Waals surface area contributed by atoms with Gasteiger partial charge in [-0.1, -0.05) is 0 Å². The number of rotatable bonds is 0. The maximum atomic E-state index is 12.1. The molecule has 108 valence electrons. The van der Waals surface area contributed by atoms with Crippen LogP contribution in [0.5, 0.6) is 0 Å². The van der Waals surface area contributed by atoms with Gasteiger partial charge in [-0.15, -0.1) is 0 Å². The summed E-state index contributed by atoms with van der Waals surface area (Å²) in [4.78, 5) is 25.2. The van der Waals surface area contributed by atoms with E-state index in [1.807, 2.05) is 20.8 Å². The van der Waals surface area contributed by atoms with Crippen molar-refractivity contribution in [2.45, 2.75) is 64.0 Å². The van der Waals surface area contributed by atoms with Crippen LogP contribution in [0.1, 0.15) is 52.9 Å². The minimum Gasteiger partial charge on any atom is -0.444 e. The summed E-state index contributed by atoms with van der Waals surface area (Å²) >= 11 is 0. The van der Waals surface area contributed by atoms with Crippen molar-refractivity contribution in [1.82, 2.24) is 10.2 Å². The second-order valence-electron chi connectivity index (χ2n) is 6.65. The highest BCUT2D eigenvalue weighted by molar-refractivity contribution is 5.79. The normalized spacial score (nSPS) is 28.2. The quantitative estimate of drug-likeness (QED) is 0.731. The lowest BCUT2D eigenvalue weighted by Gasteiger charge is -2.28. The van der Waals surface area contributed by atoms with Crippen LogP contribution < -0.4 is 5.32 Å². The molecule has 2 heterocycles. The average Bonchev–Trinajstić information content (AvgIpc) is 2.52. The van der Waals surface area contributed by atoms with Gasteiger partial charge in [0, 0.05) is 25.0 Å². The lowest BCUT2D eigenvalue weighted by Crippen LogP contribution is -2.43. The lowest BCUT2D eigenvalue weighted by molar-refractivity contribution is -0.119. The largest absolute Gasteiger partial charge is 0.444 e. The van der Waals surface area contributed by atoms with E-state index in [0.29, 0.717) is 19.5 Å². The Kier molecular flexibility index (Phi) is 3.74. The summed E-state index contributed by atoms with van der Waals surface area (Å²) in [5, 5.41) is 3.10. The summed E-state index contributed by atoms with van der Waals surface area (Å²) < 4.78 is 5.40. The molecule has 2 aliphatic heterocycles. The number of hydrogen-bond donors (Lipinski definition) is 1. The Labute approximate surface area is 114 Å². The first kappa shape index (κ1) is 14.2. The molecular weight excluding hydrogens is 244 g/mol. The standard InChI is InChI=1S/C14H24N2O3/c1-13(2,3)19-12(18)16-9-4-6-14(8-10-16)7-5-11(17)15-14/h4-10H2,1-3H3,(H,15,17)/t14-/m1/s1.